The molecule has 0 bridgehead atoms. The number of carbonyl (C=O) groups excluding carboxylic acids is 1. The molecule has 0 aliphatic heterocycles. The highest BCUT2D eigenvalue weighted by Crippen LogP contribution is 2.31. The third-order valence-electron chi connectivity index (χ3n) is 5.93. The van der Waals surface area contributed by atoms with E-state index in [1.807, 2.05) is 37.3 Å². The quantitative estimate of drug-likeness (QED) is 0.354. The van der Waals surface area contributed by atoms with Crippen LogP contribution >= 0.6 is 22.9 Å². The summed E-state index contributed by atoms with van der Waals surface area (Å²) in [6.07, 6.45) is 3.47. The van der Waals surface area contributed by atoms with Gasteiger partial charge in [-0.1, -0.05) is 23.7 Å². The van der Waals surface area contributed by atoms with Crippen molar-refractivity contribution in [1.82, 2.24) is 9.97 Å². The van der Waals surface area contributed by atoms with Crippen LogP contribution < -0.4 is 10.5 Å². The Bertz CT molecular complexity index is 1330. The Morgan fingerprint density at radius 2 is 2.14 bits per heavy atom. The van der Waals surface area contributed by atoms with Gasteiger partial charge >= 0.3 is 10.3 Å². The fourth-order valence-electron chi connectivity index (χ4n) is 4.19. The van der Waals surface area contributed by atoms with E-state index in [0.717, 1.165) is 16.0 Å². The largest absolute Gasteiger partial charge is 0.393 e. The van der Waals surface area contributed by atoms with Crippen LogP contribution in [-0.4, -0.2) is 48.0 Å². The Hall–Kier alpha value is -2.41. The molecule has 3 atom stereocenters. The highest BCUT2D eigenvalue weighted by Gasteiger charge is 2.34. The lowest BCUT2D eigenvalue weighted by molar-refractivity contribution is 0.101. The maximum atomic E-state index is 13.4. The number of anilines is 1. The van der Waals surface area contributed by atoms with E-state index >= 15 is 0 Å². The van der Waals surface area contributed by atoms with Crippen LogP contribution in [0.3, 0.4) is 0 Å². The summed E-state index contributed by atoms with van der Waals surface area (Å²) in [7, 11) is -4.09. The van der Waals surface area contributed by atoms with Crippen LogP contribution in [0.1, 0.15) is 44.1 Å². The fraction of sp³-hybridized carbons (Fsp3) is 0.348. The number of nitrogens with one attached hydrogen (secondary N) is 1. The number of ketones is 1. The van der Waals surface area contributed by atoms with Crippen molar-refractivity contribution in [3.63, 3.8) is 0 Å². The van der Waals surface area contributed by atoms with Crippen molar-refractivity contribution in [2.24, 2.45) is 11.1 Å². The number of nitrogens with two attached hydrogens (primary N) is 1. The van der Waals surface area contributed by atoms with Crippen LogP contribution in [0.25, 0.3) is 0 Å². The molecular weight excluding hydrogens is 512 g/mol. The second kappa shape index (κ2) is 10.7. The summed E-state index contributed by atoms with van der Waals surface area (Å²) in [5.74, 6) is -0.260. The number of hydrogen-bond acceptors (Lipinski definition) is 9. The van der Waals surface area contributed by atoms with Gasteiger partial charge in [0, 0.05) is 28.1 Å². The predicted molar refractivity (Wildman–Crippen MR) is 134 cm³/mol. The first kappa shape index (κ1) is 25.7. The number of halogens is 1. The van der Waals surface area contributed by atoms with Crippen molar-refractivity contribution in [3.8, 4) is 0 Å². The van der Waals surface area contributed by atoms with Crippen molar-refractivity contribution in [3.05, 3.63) is 74.3 Å². The third kappa shape index (κ3) is 6.63. The van der Waals surface area contributed by atoms with E-state index in [2.05, 4.69) is 19.5 Å². The van der Waals surface area contributed by atoms with E-state index in [4.69, 9.17) is 16.7 Å². The molecule has 186 valence electrons. The molecular formula is C23H25ClN4O5S2. The zero-order chi connectivity index (χ0) is 25.2. The minimum atomic E-state index is -4.09. The Kier molecular flexibility index (Phi) is 7.84. The maximum Gasteiger partial charge on any atom is 0.333 e. The number of benzene rings is 1. The number of rotatable bonds is 9. The molecule has 3 aromatic rings. The van der Waals surface area contributed by atoms with Crippen LogP contribution in [0.5, 0.6) is 0 Å². The lowest BCUT2D eigenvalue weighted by atomic mass is 10.0. The van der Waals surface area contributed by atoms with Gasteiger partial charge in [-0.3, -0.25) is 8.98 Å². The van der Waals surface area contributed by atoms with Gasteiger partial charge in [0.05, 0.1) is 23.2 Å². The number of hydrogen-bond donors (Lipinski definition) is 3. The topological polar surface area (TPSA) is 144 Å². The van der Waals surface area contributed by atoms with E-state index in [-0.39, 0.29) is 18.4 Å². The standard InChI is InChI=1S/C23H25ClN4O5S2/c1-13-15(5-14-3-2-4-17(24)6-14)8-21(34-13)22(30)19-10-26-12-27-23(19)28-18-7-16(20(29)9-18)11-33-35(25,31)32/h2-4,6,8,10,12,16,18,20,29H,5,7,9,11H2,1H3,(H2,25,31,32)(H,26,27,28)/t16-,18-,20+/m1/s1. The summed E-state index contributed by atoms with van der Waals surface area (Å²) in [5, 5.41) is 19.1. The zero-order valence-corrected chi connectivity index (χ0v) is 21.2. The number of carbonyl (C=O) groups is 1. The van der Waals surface area contributed by atoms with E-state index in [1.54, 1.807) is 0 Å². The van der Waals surface area contributed by atoms with Gasteiger partial charge in [-0.05, 0) is 55.5 Å². The number of aliphatic hydroxyl groups excluding tert-OH is 1. The number of aryl methyl sites for hydroxylation is 1. The van der Waals surface area contributed by atoms with Gasteiger partial charge in [0.15, 0.2) is 0 Å². The molecule has 1 fully saturated rings. The van der Waals surface area contributed by atoms with Crippen molar-refractivity contribution in [2.45, 2.75) is 38.3 Å². The molecule has 2 aromatic heterocycles. The molecule has 2 heterocycles. The first-order valence-electron chi connectivity index (χ1n) is 10.9. The average molecular weight is 537 g/mol. The highest BCUT2D eigenvalue weighted by atomic mass is 35.5. The van der Waals surface area contributed by atoms with Crippen molar-refractivity contribution < 1.29 is 22.5 Å². The van der Waals surface area contributed by atoms with E-state index in [1.165, 1.54) is 23.9 Å². The molecule has 1 saturated carbocycles. The monoisotopic (exact) mass is 536 g/mol. The molecule has 0 unspecified atom stereocenters. The summed E-state index contributed by atoms with van der Waals surface area (Å²) in [4.78, 5) is 23.3. The molecule has 0 saturated heterocycles. The molecule has 4 rings (SSSR count). The van der Waals surface area contributed by atoms with Gasteiger partial charge in [-0.15, -0.1) is 11.3 Å². The SMILES string of the molecule is Cc1sc(C(=O)c2cncnc2N[C@@H]2C[C@H](COS(N)(=O)=O)[C@@H](O)C2)cc1Cc1cccc(Cl)c1. The zero-order valence-electron chi connectivity index (χ0n) is 18.8. The average Bonchev–Trinajstić information content (AvgIpc) is 3.33. The molecule has 35 heavy (non-hydrogen) atoms. The molecule has 0 spiro atoms. The number of aliphatic hydroxyl groups is 1. The molecule has 1 aliphatic carbocycles. The first-order chi connectivity index (χ1) is 16.6. The molecule has 12 heteroatoms. The second-order valence-electron chi connectivity index (χ2n) is 8.53. The Balaban J connectivity index is 1.48. The van der Waals surface area contributed by atoms with E-state index in [0.29, 0.717) is 40.5 Å². The third-order valence-corrected chi connectivity index (χ3v) is 7.72. The number of aromatic nitrogens is 2. The van der Waals surface area contributed by atoms with Gasteiger partial charge in [-0.2, -0.15) is 8.42 Å². The van der Waals surface area contributed by atoms with Crippen LogP contribution in [0.4, 0.5) is 5.82 Å². The molecule has 1 aliphatic rings. The first-order valence-corrected chi connectivity index (χ1v) is 13.6. The van der Waals surface area contributed by atoms with E-state index < -0.39 is 22.3 Å². The second-order valence-corrected chi connectivity index (χ2v) is 11.4. The predicted octanol–water partition coefficient (Wildman–Crippen LogP) is 3.09. The van der Waals surface area contributed by atoms with Crippen LogP contribution in [0, 0.1) is 12.8 Å². The summed E-state index contributed by atoms with van der Waals surface area (Å²) in [6.45, 7) is 1.77. The lowest BCUT2D eigenvalue weighted by Crippen LogP contribution is -2.24. The Morgan fingerprint density at radius 3 is 2.89 bits per heavy atom. The molecule has 4 N–H and O–H groups in total. The van der Waals surface area contributed by atoms with Crippen molar-refractivity contribution in [1.29, 1.82) is 0 Å². The van der Waals surface area contributed by atoms with Gasteiger partial charge in [0.1, 0.15) is 12.1 Å². The summed E-state index contributed by atoms with van der Waals surface area (Å²) >= 11 is 7.51. The van der Waals surface area contributed by atoms with Crippen LogP contribution in [0.15, 0.2) is 42.9 Å². The van der Waals surface area contributed by atoms with Gasteiger partial charge in [0.2, 0.25) is 5.78 Å². The van der Waals surface area contributed by atoms with Crippen LogP contribution in [-0.2, 0) is 20.9 Å². The molecule has 9 nitrogen and oxygen atoms in total. The molecule has 1 aromatic carbocycles. The van der Waals surface area contributed by atoms with Crippen molar-refractivity contribution >= 4 is 44.8 Å². The fourth-order valence-corrected chi connectivity index (χ4v) is 5.77. The van der Waals surface area contributed by atoms with Crippen molar-refractivity contribution in [2.75, 3.05) is 11.9 Å². The molecule has 0 radical (unpaired) electrons. The maximum absolute atomic E-state index is 13.4. The normalized spacial score (nSPS) is 20.2. The Labute approximate surface area is 212 Å². The van der Waals surface area contributed by atoms with Gasteiger partial charge in [-0.25, -0.2) is 15.1 Å². The lowest BCUT2D eigenvalue weighted by Gasteiger charge is -2.15. The van der Waals surface area contributed by atoms with E-state index in [9.17, 15) is 18.3 Å². The van der Waals surface area contributed by atoms with Gasteiger partial charge in [0.25, 0.3) is 0 Å². The number of nitrogens with zero attached hydrogens (tertiary/aromatic N) is 2. The summed E-state index contributed by atoms with van der Waals surface area (Å²) in [6, 6.07) is 9.28. The van der Waals surface area contributed by atoms with Gasteiger partial charge < -0.3 is 10.4 Å². The minimum Gasteiger partial charge on any atom is -0.393 e. The summed E-state index contributed by atoms with van der Waals surface area (Å²) < 4.78 is 26.8. The van der Waals surface area contributed by atoms with Crippen LogP contribution in [0.2, 0.25) is 5.02 Å². The highest BCUT2D eigenvalue weighted by molar-refractivity contribution is 7.84. The molecule has 0 amide bonds. The smallest absolute Gasteiger partial charge is 0.333 e. The minimum absolute atomic E-state index is 0.203. The summed E-state index contributed by atoms with van der Waals surface area (Å²) in [5.41, 5.74) is 2.42. The Morgan fingerprint density at radius 1 is 1.34 bits per heavy atom. The number of thiophene rings is 1.